The molecule has 2 rings (SSSR count). The number of benzene rings is 1. The van der Waals surface area contributed by atoms with Crippen LogP contribution in [0.4, 0.5) is 0 Å². The van der Waals surface area contributed by atoms with E-state index in [0.29, 0.717) is 6.54 Å². The van der Waals surface area contributed by atoms with E-state index in [1.54, 1.807) is 7.11 Å². The van der Waals surface area contributed by atoms with Crippen LogP contribution in [0.3, 0.4) is 0 Å². The Morgan fingerprint density at radius 1 is 1.40 bits per heavy atom. The van der Waals surface area contributed by atoms with Crippen molar-refractivity contribution in [3.05, 3.63) is 29.3 Å². The predicted molar refractivity (Wildman–Crippen MR) is 79.9 cm³/mol. The lowest BCUT2D eigenvalue weighted by Gasteiger charge is -2.28. The van der Waals surface area contributed by atoms with Crippen LogP contribution in [0.5, 0.6) is 5.75 Å². The molecule has 0 fully saturated rings. The number of rotatable bonds is 6. The number of amides is 1. The molecule has 110 valence electrons. The van der Waals surface area contributed by atoms with Crippen molar-refractivity contribution in [2.24, 2.45) is 0 Å². The highest BCUT2D eigenvalue weighted by Gasteiger charge is 2.18. The fourth-order valence-corrected chi connectivity index (χ4v) is 2.52. The van der Waals surface area contributed by atoms with E-state index in [4.69, 9.17) is 4.74 Å². The van der Waals surface area contributed by atoms with Gasteiger partial charge in [0, 0.05) is 19.6 Å². The summed E-state index contributed by atoms with van der Waals surface area (Å²) < 4.78 is 5.26. The van der Waals surface area contributed by atoms with E-state index in [1.165, 1.54) is 11.1 Å². The molecule has 0 saturated heterocycles. The molecular formula is C16H24N2O2. The van der Waals surface area contributed by atoms with Crippen LogP contribution < -0.4 is 10.1 Å². The summed E-state index contributed by atoms with van der Waals surface area (Å²) in [6.07, 6.45) is 3.16. The maximum Gasteiger partial charge on any atom is 0.234 e. The van der Waals surface area contributed by atoms with E-state index in [2.05, 4.69) is 29.3 Å². The number of nitrogens with zero attached hydrogens (tertiary/aromatic N) is 1. The molecule has 4 nitrogen and oxygen atoms in total. The molecule has 0 unspecified atom stereocenters. The Morgan fingerprint density at radius 2 is 2.25 bits per heavy atom. The Morgan fingerprint density at radius 3 is 3.00 bits per heavy atom. The quantitative estimate of drug-likeness (QED) is 0.808. The van der Waals surface area contributed by atoms with Gasteiger partial charge >= 0.3 is 0 Å². The van der Waals surface area contributed by atoms with E-state index < -0.39 is 0 Å². The van der Waals surface area contributed by atoms with E-state index in [-0.39, 0.29) is 5.91 Å². The number of fused-ring (bicyclic) bond motifs is 1. The molecule has 1 aliphatic rings. The molecule has 0 aliphatic carbocycles. The lowest BCUT2D eigenvalue weighted by atomic mass is 9.99. The van der Waals surface area contributed by atoms with E-state index in [0.717, 1.165) is 44.6 Å². The average molecular weight is 276 g/mol. The van der Waals surface area contributed by atoms with Crippen LogP contribution in [-0.4, -0.2) is 37.6 Å². The molecule has 1 aromatic carbocycles. The molecule has 1 amide bonds. The van der Waals surface area contributed by atoms with Gasteiger partial charge in [0.05, 0.1) is 13.7 Å². The molecule has 0 bridgehead atoms. The summed E-state index contributed by atoms with van der Waals surface area (Å²) in [5.41, 5.74) is 2.64. The Balaban J connectivity index is 1.88. The van der Waals surface area contributed by atoms with Gasteiger partial charge in [-0.05, 0) is 36.1 Å². The monoisotopic (exact) mass is 276 g/mol. The minimum absolute atomic E-state index is 0.129. The highest BCUT2D eigenvalue weighted by Crippen LogP contribution is 2.23. The van der Waals surface area contributed by atoms with Crippen molar-refractivity contribution < 1.29 is 9.53 Å². The smallest absolute Gasteiger partial charge is 0.234 e. The Hall–Kier alpha value is -1.55. The van der Waals surface area contributed by atoms with E-state index in [9.17, 15) is 4.79 Å². The minimum atomic E-state index is 0.129. The van der Waals surface area contributed by atoms with Crippen molar-refractivity contribution >= 4 is 5.91 Å². The van der Waals surface area contributed by atoms with Gasteiger partial charge in [0.1, 0.15) is 5.75 Å². The summed E-state index contributed by atoms with van der Waals surface area (Å²) in [5.74, 6) is 1.02. The third kappa shape index (κ3) is 3.97. The number of methoxy groups -OCH3 is 1. The lowest BCUT2D eigenvalue weighted by molar-refractivity contribution is -0.122. The lowest BCUT2D eigenvalue weighted by Crippen LogP contribution is -2.40. The maximum atomic E-state index is 11.8. The Kier molecular flexibility index (Phi) is 5.41. The minimum Gasteiger partial charge on any atom is -0.497 e. The molecule has 0 saturated carbocycles. The second-order valence-electron chi connectivity index (χ2n) is 5.30. The normalized spacial score (nSPS) is 14.7. The van der Waals surface area contributed by atoms with Gasteiger partial charge in [0.25, 0.3) is 0 Å². The first-order valence-electron chi connectivity index (χ1n) is 7.37. The molecule has 1 aromatic rings. The van der Waals surface area contributed by atoms with Crippen LogP contribution in [0.25, 0.3) is 0 Å². The van der Waals surface area contributed by atoms with Gasteiger partial charge < -0.3 is 10.1 Å². The number of ether oxygens (including phenoxy) is 1. The topological polar surface area (TPSA) is 41.6 Å². The van der Waals surface area contributed by atoms with Crippen molar-refractivity contribution in [3.8, 4) is 5.75 Å². The van der Waals surface area contributed by atoms with Crippen molar-refractivity contribution in [1.82, 2.24) is 10.2 Å². The summed E-state index contributed by atoms with van der Waals surface area (Å²) in [7, 11) is 1.68. The highest BCUT2D eigenvalue weighted by molar-refractivity contribution is 5.78. The van der Waals surface area contributed by atoms with Crippen LogP contribution in [0.2, 0.25) is 0 Å². The van der Waals surface area contributed by atoms with Gasteiger partial charge in [-0.2, -0.15) is 0 Å². The van der Waals surface area contributed by atoms with Crippen LogP contribution >= 0.6 is 0 Å². The van der Waals surface area contributed by atoms with Gasteiger partial charge in [-0.3, -0.25) is 9.69 Å². The molecule has 0 atom stereocenters. The first kappa shape index (κ1) is 14.9. The fraction of sp³-hybridized carbons (Fsp3) is 0.562. The molecule has 1 N–H and O–H groups in total. The van der Waals surface area contributed by atoms with Crippen LogP contribution in [-0.2, 0) is 17.8 Å². The van der Waals surface area contributed by atoms with Crippen LogP contribution in [0, 0.1) is 0 Å². The molecule has 20 heavy (non-hydrogen) atoms. The second kappa shape index (κ2) is 7.29. The second-order valence-corrected chi connectivity index (χ2v) is 5.30. The standard InChI is InChI=1S/C16H24N2O2/c1-3-4-8-17-16(19)12-18-9-7-13-5-6-15(20-2)10-14(13)11-18/h5-6,10H,3-4,7-9,11-12H2,1-2H3,(H,17,19). The van der Waals surface area contributed by atoms with Crippen LogP contribution in [0.1, 0.15) is 30.9 Å². The van der Waals surface area contributed by atoms with Crippen molar-refractivity contribution in [2.75, 3.05) is 26.7 Å². The molecule has 4 heteroatoms. The molecule has 0 spiro atoms. The van der Waals surface area contributed by atoms with Gasteiger partial charge in [-0.15, -0.1) is 0 Å². The first-order valence-corrected chi connectivity index (χ1v) is 7.37. The summed E-state index contributed by atoms with van der Waals surface area (Å²) in [4.78, 5) is 14.0. The highest BCUT2D eigenvalue weighted by atomic mass is 16.5. The van der Waals surface area contributed by atoms with E-state index >= 15 is 0 Å². The van der Waals surface area contributed by atoms with Gasteiger partial charge in [0.2, 0.25) is 5.91 Å². The summed E-state index contributed by atoms with van der Waals surface area (Å²) >= 11 is 0. The van der Waals surface area contributed by atoms with Crippen LogP contribution in [0.15, 0.2) is 18.2 Å². The SMILES string of the molecule is CCCCNC(=O)CN1CCc2ccc(OC)cc2C1. The van der Waals surface area contributed by atoms with Gasteiger partial charge in [-0.1, -0.05) is 19.4 Å². The third-order valence-electron chi connectivity index (χ3n) is 3.72. The van der Waals surface area contributed by atoms with Crippen molar-refractivity contribution in [2.45, 2.75) is 32.7 Å². The predicted octanol–water partition coefficient (Wildman–Crippen LogP) is 1.97. The average Bonchev–Trinajstić information content (AvgIpc) is 2.46. The maximum absolute atomic E-state index is 11.8. The van der Waals surface area contributed by atoms with Gasteiger partial charge in [0.15, 0.2) is 0 Å². The first-order chi connectivity index (χ1) is 9.72. The molecule has 1 heterocycles. The molecule has 0 radical (unpaired) electrons. The Bertz CT molecular complexity index is 460. The largest absolute Gasteiger partial charge is 0.497 e. The zero-order valence-corrected chi connectivity index (χ0v) is 12.4. The molecule has 0 aromatic heterocycles. The van der Waals surface area contributed by atoms with Gasteiger partial charge in [-0.25, -0.2) is 0 Å². The summed E-state index contributed by atoms with van der Waals surface area (Å²) in [5, 5.41) is 2.97. The van der Waals surface area contributed by atoms with E-state index in [1.807, 2.05) is 6.07 Å². The molecule has 1 aliphatic heterocycles. The number of carbonyl (C=O) groups excluding carboxylic acids is 1. The Labute approximate surface area is 121 Å². The number of unbranched alkanes of at least 4 members (excludes halogenated alkanes) is 1. The number of nitrogens with one attached hydrogen (secondary N) is 1. The van der Waals surface area contributed by atoms with Crippen molar-refractivity contribution in [1.29, 1.82) is 0 Å². The zero-order valence-electron chi connectivity index (χ0n) is 12.4. The summed E-state index contributed by atoms with van der Waals surface area (Å²) in [6.45, 7) is 5.17. The third-order valence-corrected chi connectivity index (χ3v) is 3.72. The number of hydrogen-bond acceptors (Lipinski definition) is 3. The fourth-order valence-electron chi connectivity index (χ4n) is 2.52. The summed E-state index contributed by atoms with van der Waals surface area (Å²) in [6, 6.07) is 6.22. The van der Waals surface area contributed by atoms with Crippen molar-refractivity contribution in [3.63, 3.8) is 0 Å². The number of hydrogen-bond donors (Lipinski definition) is 1. The zero-order chi connectivity index (χ0) is 14.4. The molecular weight excluding hydrogens is 252 g/mol. The number of carbonyl (C=O) groups is 1.